The molecule has 17 heavy (non-hydrogen) atoms. The van der Waals surface area contributed by atoms with E-state index >= 15 is 0 Å². The van der Waals surface area contributed by atoms with Gasteiger partial charge >= 0.3 is 0 Å². The molecule has 1 aromatic rings. The van der Waals surface area contributed by atoms with Crippen molar-refractivity contribution in [2.45, 2.75) is 12.5 Å². The summed E-state index contributed by atoms with van der Waals surface area (Å²) in [6, 6.07) is 1.83. The van der Waals surface area contributed by atoms with Crippen molar-refractivity contribution in [2.75, 3.05) is 19.0 Å². The van der Waals surface area contributed by atoms with E-state index < -0.39 is 0 Å². The first-order valence-corrected chi connectivity index (χ1v) is 8.41. The van der Waals surface area contributed by atoms with Crippen LogP contribution in [0.25, 0.3) is 0 Å². The quantitative estimate of drug-likeness (QED) is 0.671. The summed E-state index contributed by atoms with van der Waals surface area (Å²) in [6.45, 7) is 0.514. The van der Waals surface area contributed by atoms with Crippen LogP contribution < -0.4 is 5.32 Å². The van der Waals surface area contributed by atoms with E-state index in [4.69, 9.17) is 4.74 Å². The Morgan fingerprint density at radius 2 is 2.29 bits per heavy atom. The monoisotopic (exact) mass is 447 g/mol. The number of rotatable bonds is 6. The van der Waals surface area contributed by atoms with E-state index in [9.17, 15) is 4.79 Å². The largest absolute Gasteiger partial charge is 0.383 e. The van der Waals surface area contributed by atoms with Crippen molar-refractivity contribution in [3.8, 4) is 0 Å². The number of alkyl halides is 1. The third kappa shape index (κ3) is 4.98. The minimum Gasteiger partial charge on any atom is -0.383 e. The van der Waals surface area contributed by atoms with Crippen molar-refractivity contribution in [1.82, 2.24) is 5.32 Å². The molecule has 0 aliphatic carbocycles. The molecule has 1 unspecified atom stereocenters. The summed E-state index contributed by atoms with van der Waals surface area (Å²) >= 11 is 11.6. The second-order valence-electron chi connectivity index (χ2n) is 3.34. The molecule has 0 spiro atoms. The van der Waals surface area contributed by atoms with Crippen LogP contribution in [0.1, 0.15) is 16.8 Å². The van der Waals surface area contributed by atoms with Gasteiger partial charge in [-0.05, 0) is 44.3 Å². The van der Waals surface area contributed by atoms with E-state index in [-0.39, 0.29) is 11.9 Å². The van der Waals surface area contributed by atoms with E-state index in [1.807, 2.05) is 6.07 Å². The second-order valence-corrected chi connectivity index (χ2v) is 7.88. The van der Waals surface area contributed by atoms with Gasteiger partial charge in [0.05, 0.1) is 25.8 Å². The number of hydrogen-bond donors (Lipinski definition) is 1. The van der Waals surface area contributed by atoms with Crippen LogP contribution >= 0.6 is 59.1 Å². The number of methoxy groups -OCH3 is 1. The maximum Gasteiger partial charge on any atom is 0.253 e. The minimum absolute atomic E-state index is 0.0254. The summed E-state index contributed by atoms with van der Waals surface area (Å²) in [7, 11) is 1.63. The van der Waals surface area contributed by atoms with Crippen molar-refractivity contribution in [2.24, 2.45) is 0 Å². The Hall–Kier alpha value is 0.570. The predicted octanol–water partition coefficient (Wildman–Crippen LogP) is 3.80. The van der Waals surface area contributed by atoms with Gasteiger partial charge in [-0.1, -0.05) is 15.9 Å². The van der Waals surface area contributed by atoms with Gasteiger partial charge in [-0.2, -0.15) is 0 Å². The zero-order valence-electron chi connectivity index (χ0n) is 9.13. The summed E-state index contributed by atoms with van der Waals surface area (Å²) in [5, 5.41) is 3.78. The molecule has 1 atom stereocenters. The molecule has 0 aliphatic heterocycles. The number of carbonyl (C=O) groups excluding carboxylic acids is 1. The lowest BCUT2D eigenvalue weighted by Gasteiger charge is -2.16. The maximum atomic E-state index is 12.0. The summed E-state index contributed by atoms with van der Waals surface area (Å²) in [6.07, 6.45) is 0.836. The Morgan fingerprint density at radius 3 is 2.76 bits per heavy atom. The summed E-state index contributed by atoms with van der Waals surface area (Å²) in [5.74, 6) is -0.0816. The van der Waals surface area contributed by atoms with E-state index in [1.165, 1.54) is 11.3 Å². The molecule has 1 aromatic heterocycles. The topological polar surface area (TPSA) is 38.3 Å². The van der Waals surface area contributed by atoms with E-state index in [0.717, 1.165) is 19.3 Å². The van der Waals surface area contributed by atoms with Crippen LogP contribution in [-0.2, 0) is 4.74 Å². The fraction of sp³-hybridized carbons (Fsp3) is 0.500. The summed E-state index contributed by atoms with van der Waals surface area (Å²) in [4.78, 5) is 12.0. The van der Waals surface area contributed by atoms with Gasteiger partial charge in [0.15, 0.2) is 0 Å². The number of halogens is 3. The van der Waals surface area contributed by atoms with Crippen LogP contribution in [0.15, 0.2) is 13.6 Å². The number of amides is 1. The van der Waals surface area contributed by atoms with Gasteiger partial charge < -0.3 is 10.1 Å². The molecular weight excluding hydrogens is 438 g/mol. The molecule has 0 saturated heterocycles. The van der Waals surface area contributed by atoms with Crippen molar-refractivity contribution < 1.29 is 9.53 Å². The maximum absolute atomic E-state index is 12.0. The first-order valence-electron chi connectivity index (χ1n) is 4.89. The van der Waals surface area contributed by atoms with Gasteiger partial charge in [-0.15, -0.1) is 11.3 Å². The molecule has 7 heteroatoms. The molecule has 0 aromatic carbocycles. The third-order valence-electron chi connectivity index (χ3n) is 2.06. The van der Waals surface area contributed by atoms with Gasteiger partial charge in [0.25, 0.3) is 5.91 Å². The minimum atomic E-state index is -0.0816. The molecule has 1 amide bonds. The van der Waals surface area contributed by atoms with Gasteiger partial charge in [0.2, 0.25) is 0 Å². The van der Waals surface area contributed by atoms with Gasteiger partial charge in [-0.3, -0.25) is 4.79 Å². The zero-order chi connectivity index (χ0) is 12.8. The molecule has 96 valence electrons. The normalized spacial score (nSPS) is 12.5. The molecule has 0 saturated carbocycles. The zero-order valence-corrected chi connectivity index (χ0v) is 14.7. The van der Waals surface area contributed by atoms with Crippen molar-refractivity contribution in [3.05, 3.63) is 19.2 Å². The number of nitrogens with one attached hydrogen (secondary N) is 1. The molecule has 1 rings (SSSR count). The Balaban J connectivity index is 2.66. The average Bonchev–Trinajstić information content (AvgIpc) is 2.58. The smallest absolute Gasteiger partial charge is 0.253 e. The average molecular weight is 450 g/mol. The van der Waals surface area contributed by atoms with Crippen LogP contribution in [0, 0.1) is 0 Å². The SMILES string of the molecule is COCC(CCBr)NC(=O)c1cc(Br)sc1Br. The highest BCUT2D eigenvalue weighted by atomic mass is 79.9. The van der Waals surface area contributed by atoms with Gasteiger partial charge in [-0.25, -0.2) is 0 Å². The van der Waals surface area contributed by atoms with Crippen molar-refractivity contribution >= 4 is 65.0 Å². The Kier molecular flexibility index (Phi) is 7.25. The van der Waals surface area contributed by atoms with Crippen LogP contribution in [-0.4, -0.2) is 31.0 Å². The Morgan fingerprint density at radius 1 is 1.59 bits per heavy atom. The lowest BCUT2D eigenvalue weighted by molar-refractivity contribution is 0.0895. The second kappa shape index (κ2) is 7.89. The summed E-state index contributed by atoms with van der Waals surface area (Å²) < 4.78 is 6.83. The molecule has 1 heterocycles. The fourth-order valence-electron chi connectivity index (χ4n) is 1.29. The highest BCUT2D eigenvalue weighted by Crippen LogP contribution is 2.31. The third-order valence-corrected chi connectivity index (χ3v) is 4.86. The molecule has 0 aliphatic rings. The van der Waals surface area contributed by atoms with E-state index in [2.05, 4.69) is 53.1 Å². The van der Waals surface area contributed by atoms with Gasteiger partial charge in [0, 0.05) is 12.4 Å². The summed E-state index contributed by atoms with van der Waals surface area (Å²) in [5.41, 5.74) is 0.651. The van der Waals surface area contributed by atoms with Crippen molar-refractivity contribution in [3.63, 3.8) is 0 Å². The standard InChI is InChI=1S/C10H12Br3NO2S/c1-16-5-6(2-3-11)14-10(15)7-4-8(12)17-9(7)13/h4,6H,2-3,5H2,1H3,(H,14,15). The number of thiophene rings is 1. The molecule has 3 nitrogen and oxygen atoms in total. The number of ether oxygens (including phenoxy) is 1. The molecule has 1 N–H and O–H groups in total. The van der Waals surface area contributed by atoms with E-state index in [0.29, 0.717) is 12.2 Å². The lowest BCUT2D eigenvalue weighted by atomic mass is 10.2. The van der Waals surface area contributed by atoms with E-state index in [1.54, 1.807) is 7.11 Å². The highest BCUT2D eigenvalue weighted by molar-refractivity contribution is 9.12. The van der Waals surface area contributed by atoms with Crippen molar-refractivity contribution in [1.29, 1.82) is 0 Å². The molecule has 0 radical (unpaired) electrons. The highest BCUT2D eigenvalue weighted by Gasteiger charge is 2.17. The van der Waals surface area contributed by atoms with Crippen LogP contribution in [0.3, 0.4) is 0 Å². The van der Waals surface area contributed by atoms with Crippen LogP contribution in [0.5, 0.6) is 0 Å². The molecular formula is C10H12Br3NO2S. The molecule has 0 bridgehead atoms. The Bertz CT molecular complexity index is 378. The Labute approximate surface area is 130 Å². The first kappa shape index (κ1) is 15.6. The number of hydrogen-bond acceptors (Lipinski definition) is 3. The number of carbonyl (C=O) groups is 1. The van der Waals surface area contributed by atoms with Crippen LogP contribution in [0.2, 0.25) is 0 Å². The molecule has 0 fully saturated rings. The first-order chi connectivity index (χ1) is 8.08. The lowest BCUT2D eigenvalue weighted by Crippen LogP contribution is -2.38. The fourth-order valence-corrected chi connectivity index (χ4v) is 4.63. The van der Waals surface area contributed by atoms with Crippen LogP contribution in [0.4, 0.5) is 0 Å². The van der Waals surface area contributed by atoms with Gasteiger partial charge in [0.1, 0.15) is 0 Å². The predicted molar refractivity (Wildman–Crippen MR) is 81.3 cm³/mol.